The number of aromatic nitrogens is 1. The lowest BCUT2D eigenvalue weighted by Crippen LogP contribution is -2.27. The van der Waals surface area contributed by atoms with Crippen LogP contribution in [-0.4, -0.2) is 29.1 Å². The van der Waals surface area contributed by atoms with E-state index in [0.29, 0.717) is 25.3 Å². The van der Waals surface area contributed by atoms with Gasteiger partial charge in [-0.05, 0) is 29.7 Å². The van der Waals surface area contributed by atoms with Crippen LogP contribution in [0.4, 0.5) is 0 Å². The molecule has 23 heavy (non-hydrogen) atoms. The van der Waals surface area contributed by atoms with Crippen molar-refractivity contribution in [2.45, 2.75) is 13.0 Å². The number of pyridine rings is 1. The minimum Gasteiger partial charge on any atom is -0.487 e. The van der Waals surface area contributed by atoms with Crippen LogP contribution in [0.15, 0.2) is 55.3 Å². The minimum absolute atomic E-state index is 0.0319. The normalized spacial score (nSPS) is 10.1. The number of ether oxygens (including phenoxy) is 1. The van der Waals surface area contributed by atoms with Crippen molar-refractivity contribution in [1.29, 1.82) is 0 Å². The third-order valence-electron chi connectivity index (χ3n) is 3.25. The number of carbonyl (C=O) groups is 1. The van der Waals surface area contributed by atoms with Crippen molar-refractivity contribution in [2.75, 3.05) is 13.2 Å². The summed E-state index contributed by atoms with van der Waals surface area (Å²) in [6.45, 7) is 4.43. The highest BCUT2D eigenvalue weighted by molar-refractivity contribution is 5.94. The first-order valence-corrected chi connectivity index (χ1v) is 7.40. The second kappa shape index (κ2) is 8.70. The Labute approximate surface area is 135 Å². The lowest BCUT2D eigenvalue weighted by atomic mass is 10.1. The Kier molecular flexibility index (Phi) is 6.32. The second-order valence-electron chi connectivity index (χ2n) is 4.93. The number of hydrogen-bond acceptors (Lipinski definition) is 4. The van der Waals surface area contributed by atoms with Gasteiger partial charge < -0.3 is 15.2 Å². The molecule has 0 bridgehead atoms. The first-order valence-electron chi connectivity index (χ1n) is 7.40. The van der Waals surface area contributed by atoms with Gasteiger partial charge in [0.2, 0.25) is 0 Å². The fraction of sp³-hybridized carbons (Fsp3) is 0.222. The number of nitrogens with zero attached hydrogens (tertiary/aromatic N) is 1. The molecular weight excluding hydrogens is 292 g/mol. The topological polar surface area (TPSA) is 71.5 Å². The van der Waals surface area contributed by atoms with Crippen LogP contribution in [-0.2, 0) is 13.0 Å². The first kappa shape index (κ1) is 16.7. The van der Waals surface area contributed by atoms with Gasteiger partial charge in [0, 0.05) is 12.7 Å². The fourth-order valence-corrected chi connectivity index (χ4v) is 2.04. The highest BCUT2D eigenvalue weighted by Gasteiger charge is 2.13. The van der Waals surface area contributed by atoms with Gasteiger partial charge in [-0.2, -0.15) is 0 Å². The minimum atomic E-state index is -0.267. The Bertz CT molecular complexity index is 654. The number of hydrogen-bond donors (Lipinski definition) is 2. The van der Waals surface area contributed by atoms with E-state index in [1.807, 2.05) is 24.3 Å². The summed E-state index contributed by atoms with van der Waals surface area (Å²) >= 11 is 0. The zero-order chi connectivity index (χ0) is 16.5. The Hall–Kier alpha value is -2.66. The molecule has 1 aromatic heterocycles. The average Bonchev–Trinajstić information content (AvgIpc) is 2.60. The molecule has 0 fully saturated rings. The third-order valence-corrected chi connectivity index (χ3v) is 3.25. The van der Waals surface area contributed by atoms with Crippen molar-refractivity contribution in [2.24, 2.45) is 0 Å². The highest BCUT2D eigenvalue weighted by Crippen LogP contribution is 2.15. The molecule has 0 radical (unpaired) electrons. The second-order valence-corrected chi connectivity index (χ2v) is 4.93. The molecule has 0 aliphatic rings. The summed E-state index contributed by atoms with van der Waals surface area (Å²) in [7, 11) is 0. The molecule has 0 atom stereocenters. The maximum Gasteiger partial charge on any atom is 0.273 e. The Morgan fingerprint density at radius 3 is 2.70 bits per heavy atom. The summed E-state index contributed by atoms with van der Waals surface area (Å²) in [5, 5.41) is 11.8. The monoisotopic (exact) mass is 312 g/mol. The first-order chi connectivity index (χ1) is 11.2. The molecule has 0 saturated carbocycles. The summed E-state index contributed by atoms with van der Waals surface area (Å²) in [6.07, 6.45) is 3.88. The number of aliphatic hydroxyl groups is 1. The van der Waals surface area contributed by atoms with Gasteiger partial charge in [-0.1, -0.05) is 36.9 Å². The van der Waals surface area contributed by atoms with E-state index in [-0.39, 0.29) is 18.2 Å². The van der Waals surface area contributed by atoms with E-state index in [1.165, 1.54) is 0 Å². The maximum absolute atomic E-state index is 12.2. The van der Waals surface area contributed by atoms with Crippen LogP contribution in [0.25, 0.3) is 0 Å². The van der Waals surface area contributed by atoms with E-state index in [1.54, 1.807) is 24.4 Å². The van der Waals surface area contributed by atoms with Crippen LogP contribution >= 0.6 is 0 Å². The molecule has 2 N–H and O–H groups in total. The maximum atomic E-state index is 12.2. The lowest BCUT2D eigenvalue weighted by molar-refractivity contribution is 0.0945. The Morgan fingerprint density at radius 2 is 2.00 bits per heavy atom. The summed E-state index contributed by atoms with van der Waals surface area (Å²) < 4.78 is 5.43. The van der Waals surface area contributed by atoms with Crippen LogP contribution in [0.2, 0.25) is 0 Å². The van der Waals surface area contributed by atoms with Gasteiger partial charge in [-0.3, -0.25) is 4.79 Å². The Morgan fingerprint density at radius 1 is 1.26 bits per heavy atom. The predicted octanol–water partition coefficient (Wildman–Crippen LogP) is 2.11. The Balaban J connectivity index is 1.90. The summed E-state index contributed by atoms with van der Waals surface area (Å²) in [5.41, 5.74) is 2.23. The van der Waals surface area contributed by atoms with Crippen molar-refractivity contribution >= 4 is 5.91 Å². The largest absolute Gasteiger partial charge is 0.487 e. The predicted molar refractivity (Wildman–Crippen MR) is 88.3 cm³/mol. The summed E-state index contributed by atoms with van der Waals surface area (Å²) in [6, 6.07) is 11.1. The molecule has 1 aromatic carbocycles. The van der Waals surface area contributed by atoms with Crippen molar-refractivity contribution in [3.05, 3.63) is 72.1 Å². The standard InChI is InChI=1S/C18H20N2O3/c1-2-12-23-16-4-3-10-19-17(16)18(22)20-11-9-14-5-7-15(13-21)8-6-14/h2-8,10,21H,1,9,11-13H2,(H,20,22). The molecule has 0 saturated heterocycles. The number of aliphatic hydroxyl groups excluding tert-OH is 1. The average molecular weight is 312 g/mol. The van der Waals surface area contributed by atoms with Crippen molar-refractivity contribution in [3.8, 4) is 5.75 Å². The summed E-state index contributed by atoms with van der Waals surface area (Å²) in [4.78, 5) is 16.3. The number of nitrogens with one attached hydrogen (secondary N) is 1. The van der Waals surface area contributed by atoms with Crippen molar-refractivity contribution in [1.82, 2.24) is 10.3 Å². The molecule has 2 aromatic rings. The van der Waals surface area contributed by atoms with Crippen LogP contribution in [0.1, 0.15) is 21.6 Å². The van der Waals surface area contributed by atoms with Crippen molar-refractivity contribution < 1.29 is 14.6 Å². The quantitative estimate of drug-likeness (QED) is 0.732. The molecule has 0 aliphatic heterocycles. The van der Waals surface area contributed by atoms with Gasteiger partial charge >= 0.3 is 0 Å². The van der Waals surface area contributed by atoms with Gasteiger partial charge in [-0.25, -0.2) is 4.98 Å². The summed E-state index contributed by atoms with van der Waals surface area (Å²) in [5.74, 6) is 0.175. The van der Waals surface area contributed by atoms with Gasteiger partial charge in [0.1, 0.15) is 6.61 Å². The lowest BCUT2D eigenvalue weighted by Gasteiger charge is -2.09. The van der Waals surface area contributed by atoms with E-state index in [0.717, 1.165) is 11.1 Å². The van der Waals surface area contributed by atoms with E-state index in [9.17, 15) is 4.79 Å². The molecule has 0 unspecified atom stereocenters. The molecule has 120 valence electrons. The van der Waals surface area contributed by atoms with E-state index in [4.69, 9.17) is 9.84 Å². The molecular formula is C18H20N2O3. The van der Waals surface area contributed by atoms with Gasteiger partial charge in [0.15, 0.2) is 11.4 Å². The number of carbonyl (C=O) groups excluding carboxylic acids is 1. The van der Waals surface area contributed by atoms with Gasteiger partial charge in [0.25, 0.3) is 5.91 Å². The molecule has 0 spiro atoms. The van der Waals surface area contributed by atoms with Gasteiger partial charge in [0.05, 0.1) is 6.61 Å². The highest BCUT2D eigenvalue weighted by atomic mass is 16.5. The van der Waals surface area contributed by atoms with Crippen LogP contribution in [0, 0.1) is 0 Å². The van der Waals surface area contributed by atoms with Crippen molar-refractivity contribution in [3.63, 3.8) is 0 Å². The number of rotatable bonds is 8. The number of benzene rings is 1. The smallest absolute Gasteiger partial charge is 0.273 e. The zero-order valence-electron chi connectivity index (χ0n) is 12.9. The number of amides is 1. The molecule has 5 heteroatoms. The molecule has 0 aliphatic carbocycles. The molecule has 1 amide bonds. The van der Waals surface area contributed by atoms with Crippen LogP contribution in [0.3, 0.4) is 0 Å². The van der Waals surface area contributed by atoms with E-state index < -0.39 is 0 Å². The zero-order valence-corrected chi connectivity index (χ0v) is 12.9. The molecule has 2 rings (SSSR count). The van der Waals surface area contributed by atoms with Crippen LogP contribution < -0.4 is 10.1 Å². The van der Waals surface area contributed by atoms with Crippen LogP contribution in [0.5, 0.6) is 5.75 Å². The van der Waals surface area contributed by atoms with E-state index in [2.05, 4.69) is 16.9 Å². The molecule has 1 heterocycles. The van der Waals surface area contributed by atoms with Gasteiger partial charge in [-0.15, -0.1) is 0 Å². The SMILES string of the molecule is C=CCOc1cccnc1C(=O)NCCc1ccc(CO)cc1. The molecule has 5 nitrogen and oxygen atoms in total. The third kappa shape index (κ3) is 4.93. The van der Waals surface area contributed by atoms with E-state index >= 15 is 0 Å². The fourth-order valence-electron chi connectivity index (χ4n) is 2.04.